The molecule has 0 bridgehead atoms. The van der Waals surface area contributed by atoms with Crippen molar-refractivity contribution >= 4 is 22.6 Å². The Labute approximate surface area is 319 Å². The van der Waals surface area contributed by atoms with Gasteiger partial charge in [0.1, 0.15) is 0 Å². The van der Waals surface area contributed by atoms with Gasteiger partial charge in [-0.1, -0.05) is 93.7 Å². The second-order valence-electron chi connectivity index (χ2n) is 11.6. The van der Waals surface area contributed by atoms with Gasteiger partial charge < -0.3 is 56.8 Å². The fourth-order valence-electron chi connectivity index (χ4n) is 4.44. The normalized spacial score (nSPS) is 11.6. The summed E-state index contributed by atoms with van der Waals surface area (Å²) in [5.74, 6) is 0. The van der Waals surface area contributed by atoms with E-state index >= 15 is 0 Å². The molecule has 302 valence electrons. The highest BCUT2D eigenvalue weighted by atomic mass is 127. The van der Waals surface area contributed by atoms with Crippen LogP contribution in [-0.4, -0.2) is 163 Å². The molecule has 0 heterocycles. The Kier molecular flexibility index (Phi) is 49.5. The summed E-state index contributed by atoms with van der Waals surface area (Å²) in [5.41, 5.74) is 0. The van der Waals surface area contributed by atoms with Gasteiger partial charge in [-0.15, -0.1) is 0 Å². The molecule has 0 fully saturated rings. The molecule has 0 aromatic carbocycles. The van der Waals surface area contributed by atoms with E-state index in [0.717, 1.165) is 24.1 Å². The van der Waals surface area contributed by atoms with E-state index in [1.165, 1.54) is 64.2 Å². The predicted molar refractivity (Wildman–Crippen MR) is 205 cm³/mol. The standard InChI is InChI=1S/C37H75IO12/c1-2-3-4-5-6-7-8-9-10-11-12-14-39-16-18-41-20-22-43-24-26-45-28-30-47-32-34-49-36-37-50-35-33-48-31-29-46-27-25-44-23-21-42-19-17-40-15-13-38/h2-37H2,1H3. The van der Waals surface area contributed by atoms with Crippen LogP contribution in [0.3, 0.4) is 0 Å². The third-order valence-corrected chi connectivity index (χ3v) is 7.65. The van der Waals surface area contributed by atoms with E-state index in [0.29, 0.717) is 145 Å². The fraction of sp³-hybridized carbons (Fsp3) is 1.00. The van der Waals surface area contributed by atoms with Gasteiger partial charge in [0.15, 0.2) is 0 Å². The summed E-state index contributed by atoms with van der Waals surface area (Å²) in [6, 6.07) is 0. The Balaban J connectivity index is 3.04. The fourth-order valence-corrected chi connectivity index (χ4v) is 4.76. The maximum atomic E-state index is 5.66. The molecule has 0 aromatic rings. The minimum absolute atomic E-state index is 0.522. The van der Waals surface area contributed by atoms with Crippen molar-refractivity contribution in [3.05, 3.63) is 0 Å². The van der Waals surface area contributed by atoms with Crippen molar-refractivity contribution in [2.24, 2.45) is 0 Å². The van der Waals surface area contributed by atoms with Crippen molar-refractivity contribution in [2.45, 2.75) is 77.6 Å². The average molecular weight is 839 g/mol. The Hall–Kier alpha value is 0.250. The first kappa shape index (κ1) is 50.2. The van der Waals surface area contributed by atoms with Crippen LogP contribution in [0.1, 0.15) is 77.6 Å². The summed E-state index contributed by atoms with van der Waals surface area (Å²) in [6.45, 7) is 16.0. The van der Waals surface area contributed by atoms with Gasteiger partial charge in [-0.2, -0.15) is 0 Å². The van der Waals surface area contributed by atoms with Crippen LogP contribution in [0.25, 0.3) is 0 Å². The van der Waals surface area contributed by atoms with Gasteiger partial charge in [0.2, 0.25) is 0 Å². The molecule has 0 spiro atoms. The van der Waals surface area contributed by atoms with Crippen molar-refractivity contribution in [1.82, 2.24) is 0 Å². The Morgan fingerprint density at radius 3 is 0.620 bits per heavy atom. The summed E-state index contributed by atoms with van der Waals surface area (Å²) < 4.78 is 66.9. The predicted octanol–water partition coefficient (Wildman–Crippen LogP) is 5.93. The van der Waals surface area contributed by atoms with Crippen molar-refractivity contribution in [3.63, 3.8) is 0 Å². The van der Waals surface area contributed by atoms with Gasteiger partial charge >= 0.3 is 0 Å². The maximum absolute atomic E-state index is 5.66. The van der Waals surface area contributed by atoms with Gasteiger partial charge in [-0.25, -0.2) is 0 Å². The van der Waals surface area contributed by atoms with Crippen molar-refractivity contribution in [1.29, 1.82) is 0 Å². The van der Waals surface area contributed by atoms with Crippen LogP contribution in [0.15, 0.2) is 0 Å². The molecule has 0 atom stereocenters. The monoisotopic (exact) mass is 838 g/mol. The lowest BCUT2D eigenvalue weighted by Crippen LogP contribution is -2.15. The van der Waals surface area contributed by atoms with Crippen LogP contribution in [0.2, 0.25) is 0 Å². The first-order valence-electron chi connectivity index (χ1n) is 19.4. The van der Waals surface area contributed by atoms with E-state index < -0.39 is 0 Å². The SMILES string of the molecule is CCCCCCCCCCCCCOCCOCCOCCOCCOCCOCCOCCOCCOCCOCCOCCOCCI. The summed E-state index contributed by atoms with van der Waals surface area (Å²) in [5, 5.41) is 0. The van der Waals surface area contributed by atoms with Gasteiger partial charge in [0.05, 0.1) is 152 Å². The van der Waals surface area contributed by atoms with Gasteiger partial charge in [0, 0.05) is 11.0 Å². The van der Waals surface area contributed by atoms with E-state index in [-0.39, 0.29) is 0 Å². The van der Waals surface area contributed by atoms with Crippen LogP contribution < -0.4 is 0 Å². The number of ether oxygens (including phenoxy) is 12. The molecule has 0 rings (SSSR count). The minimum atomic E-state index is 0.522. The molecule has 12 nitrogen and oxygen atoms in total. The quantitative estimate of drug-likeness (QED) is 0.0412. The number of halogens is 1. The van der Waals surface area contributed by atoms with Crippen LogP contribution in [0, 0.1) is 0 Å². The highest BCUT2D eigenvalue weighted by Gasteiger charge is 1.98. The zero-order chi connectivity index (χ0) is 35.9. The molecular weight excluding hydrogens is 763 g/mol. The van der Waals surface area contributed by atoms with Crippen LogP contribution in [0.5, 0.6) is 0 Å². The average Bonchev–Trinajstić information content (AvgIpc) is 3.13. The molecule has 50 heavy (non-hydrogen) atoms. The molecule has 0 amide bonds. The topological polar surface area (TPSA) is 111 Å². The highest BCUT2D eigenvalue weighted by molar-refractivity contribution is 14.1. The van der Waals surface area contributed by atoms with Crippen LogP contribution in [0.4, 0.5) is 0 Å². The summed E-state index contributed by atoms with van der Waals surface area (Å²) in [7, 11) is 0. The molecule has 0 aliphatic heterocycles. The lowest BCUT2D eigenvalue weighted by molar-refractivity contribution is -0.0282. The first-order valence-corrected chi connectivity index (χ1v) is 20.9. The van der Waals surface area contributed by atoms with Crippen LogP contribution >= 0.6 is 22.6 Å². The van der Waals surface area contributed by atoms with Gasteiger partial charge in [-0.05, 0) is 6.42 Å². The second kappa shape index (κ2) is 49.2. The van der Waals surface area contributed by atoms with Crippen molar-refractivity contribution in [3.8, 4) is 0 Å². The molecule has 13 heteroatoms. The molecular formula is C37H75IO12. The number of alkyl halides is 1. The molecule has 0 saturated carbocycles. The third-order valence-electron chi connectivity index (χ3n) is 7.21. The molecule has 0 radical (unpaired) electrons. The lowest BCUT2D eigenvalue weighted by Gasteiger charge is -2.09. The zero-order valence-electron chi connectivity index (χ0n) is 31.7. The highest BCUT2D eigenvalue weighted by Crippen LogP contribution is 2.11. The van der Waals surface area contributed by atoms with E-state index in [1.54, 1.807) is 0 Å². The van der Waals surface area contributed by atoms with E-state index in [1.807, 2.05) is 0 Å². The smallest absolute Gasteiger partial charge is 0.0701 e. The molecule has 0 aliphatic rings. The Morgan fingerprint density at radius 2 is 0.400 bits per heavy atom. The maximum Gasteiger partial charge on any atom is 0.0701 e. The molecule has 0 aliphatic carbocycles. The van der Waals surface area contributed by atoms with E-state index in [2.05, 4.69) is 29.5 Å². The molecule has 0 unspecified atom stereocenters. The first-order chi connectivity index (χ1) is 24.9. The van der Waals surface area contributed by atoms with Gasteiger partial charge in [-0.3, -0.25) is 0 Å². The number of unbranched alkanes of at least 4 members (excludes halogenated alkanes) is 10. The van der Waals surface area contributed by atoms with Gasteiger partial charge in [0.25, 0.3) is 0 Å². The van der Waals surface area contributed by atoms with Crippen molar-refractivity contribution in [2.75, 3.05) is 163 Å². The zero-order valence-corrected chi connectivity index (χ0v) is 33.9. The third kappa shape index (κ3) is 48.2. The summed E-state index contributed by atoms with van der Waals surface area (Å²) in [4.78, 5) is 0. The Morgan fingerprint density at radius 1 is 0.220 bits per heavy atom. The molecule has 0 aromatic heterocycles. The largest absolute Gasteiger partial charge is 0.379 e. The summed E-state index contributed by atoms with van der Waals surface area (Å²) >= 11 is 2.28. The lowest BCUT2D eigenvalue weighted by atomic mass is 10.1. The minimum Gasteiger partial charge on any atom is -0.379 e. The van der Waals surface area contributed by atoms with E-state index in [9.17, 15) is 0 Å². The molecule has 0 N–H and O–H groups in total. The van der Waals surface area contributed by atoms with E-state index in [4.69, 9.17) is 56.8 Å². The van der Waals surface area contributed by atoms with Crippen LogP contribution in [-0.2, 0) is 56.8 Å². The molecule has 0 saturated heterocycles. The second-order valence-corrected chi connectivity index (χ2v) is 12.7. The summed E-state index contributed by atoms with van der Waals surface area (Å²) in [6.07, 6.45) is 14.9. The number of hydrogen-bond donors (Lipinski definition) is 0. The Bertz CT molecular complexity index is 535. The number of rotatable bonds is 47. The number of hydrogen-bond acceptors (Lipinski definition) is 12. The van der Waals surface area contributed by atoms with Crippen molar-refractivity contribution < 1.29 is 56.8 Å².